The molecule has 45 heavy (non-hydrogen) atoms. The second-order valence-electron chi connectivity index (χ2n) is 12.2. The Morgan fingerprint density at radius 1 is 0.844 bits per heavy atom. The first-order valence-corrected chi connectivity index (χ1v) is 15.9. The molecule has 2 aliphatic heterocycles. The molecule has 7 rings (SSSR count). The molecule has 0 amide bonds. The van der Waals surface area contributed by atoms with Crippen molar-refractivity contribution in [3.8, 4) is 11.1 Å². The number of fused-ring (bicyclic) bond motifs is 1. The van der Waals surface area contributed by atoms with E-state index in [0.29, 0.717) is 6.54 Å². The Bertz CT molecular complexity index is 1790. The van der Waals surface area contributed by atoms with Crippen LogP contribution in [0.4, 0.5) is 0 Å². The van der Waals surface area contributed by atoms with Crippen LogP contribution in [0.25, 0.3) is 22.2 Å². The fourth-order valence-corrected chi connectivity index (χ4v) is 6.92. The Morgan fingerprint density at radius 3 is 2.31 bits per heavy atom. The number of nitrogens with one attached hydrogen (secondary N) is 1. The van der Waals surface area contributed by atoms with Crippen molar-refractivity contribution in [2.24, 2.45) is 5.73 Å². The molecule has 4 N–H and O–H groups in total. The number of para-hydroxylation sites is 2. The van der Waals surface area contributed by atoms with E-state index in [1.807, 2.05) is 65.2 Å². The maximum Gasteiger partial charge on any atom is 0.326 e. The van der Waals surface area contributed by atoms with Gasteiger partial charge in [0.15, 0.2) is 6.29 Å². The fourth-order valence-electron chi connectivity index (χ4n) is 6.92. The molecular formula is C37H40N4O4. The lowest BCUT2D eigenvalue weighted by atomic mass is 9.97. The molecule has 0 bridgehead atoms. The van der Waals surface area contributed by atoms with E-state index >= 15 is 0 Å². The predicted octanol–water partition coefficient (Wildman–Crippen LogP) is 5.83. The smallest absolute Gasteiger partial charge is 0.326 e. The number of aliphatic hydroxyl groups excluding tert-OH is 1. The van der Waals surface area contributed by atoms with Crippen LogP contribution in [-0.4, -0.2) is 45.3 Å². The van der Waals surface area contributed by atoms with Crippen molar-refractivity contribution >= 4 is 11.0 Å². The summed E-state index contributed by atoms with van der Waals surface area (Å²) in [6.45, 7) is 3.09. The third-order valence-corrected chi connectivity index (χ3v) is 9.35. The van der Waals surface area contributed by atoms with Gasteiger partial charge in [0, 0.05) is 44.2 Å². The number of piperidine rings is 1. The highest BCUT2D eigenvalue weighted by Crippen LogP contribution is 2.39. The molecular weight excluding hydrogens is 564 g/mol. The zero-order chi connectivity index (χ0) is 30.8. The summed E-state index contributed by atoms with van der Waals surface area (Å²) in [5.41, 5.74) is 14.1. The molecule has 2 saturated heterocycles. The number of imidazole rings is 1. The summed E-state index contributed by atoms with van der Waals surface area (Å²) in [4.78, 5) is 18.3. The lowest BCUT2D eigenvalue weighted by Crippen LogP contribution is -2.43. The van der Waals surface area contributed by atoms with E-state index in [1.165, 1.54) is 0 Å². The Morgan fingerprint density at radius 2 is 1.56 bits per heavy atom. The average molecular weight is 605 g/mol. The van der Waals surface area contributed by atoms with E-state index in [-0.39, 0.29) is 30.5 Å². The third kappa shape index (κ3) is 6.25. The van der Waals surface area contributed by atoms with E-state index in [0.717, 1.165) is 83.3 Å². The SMILES string of the molecule is NCc1ccccc1-c1ccc([C@H]2O[C@@H](CN3CCC(n4c(=O)[nH]c5ccccc54)CC3)C[C@@H](c3ccc(CO)cc3)O2)cc1. The van der Waals surface area contributed by atoms with Gasteiger partial charge in [0.25, 0.3) is 0 Å². The van der Waals surface area contributed by atoms with E-state index in [9.17, 15) is 9.90 Å². The number of aliphatic hydroxyl groups is 1. The summed E-state index contributed by atoms with van der Waals surface area (Å²) in [7, 11) is 0. The summed E-state index contributed by atoms with van der Waals surface area (Å²) >= 11 is 0. The monoisotopic (exact) mass is 604 g/mol. The van der Waals surface area contributed by atoms with Gasteiger partial charge in [-0.05, 0) is 52.8 Å². The molecule has 232 valence electrons. The molecule has 0 unspecified atom stereocenters. The minimum atomic E-state index is -0.507. The molecule has 5 aromatic rings. The van der Waals surface area contributed by atoms with Crippen molar-refractivity contribution in [3.05, 3.63) is 130 Å². The molecule has 0 spiro atoms. The zero-order valence-electron chi connectivity index (χ0n) is 25.3. The minimum Gasteiger partial charge on any atom is -0.392 e. The van der Waals surface area contributed by atoms with Gasteiger partial charge in [-0.25, -0.2) is 4.79 Å². The van der Waals surface area contributed by atoms with E-state index < -0.39 is 6.29 Å². The van der Waals surface area contributed by atoms with Crippen molar-refractivity contribution in [1.29, 1.82) is 0 Å². The first-order chi connectivity index (χ1) is 22.1. The number of nitrogens with two attached hydrogens (primary N) is 1. The molecule has 0 aliphatic carbocycles. The maximum absolute atomic E-state index is 12.8. The lowest BCUT2D eigenvalue weighted by molar-refractivity contribution is -0.253. The van der Waals surface area contributed by atoms with Crippen LogP contribution in [0.2, 0.25) is 0 Å². The number of H-pyrrole nitrogens is 1. The molecule has 0 radical (unpaired) electrons. The molecule has 2 aliphatic rings. The molecule has 1 aromatic heterocycles. The van der Waals surface area contributed by atoms with Crippen LogP contribution in [0.3, 0.4) is 0 Å². The van der Waals surface area contributed by atoms with Crippen LogP contribution in [0.1, 0.15) is 60.0 Å². The van der Waals surface area contributed by atoms with Crippen LogP contribution in [0.15, 0.2) is 102 Å². The van der Waals surface area contributed by atoms with Crippen molar-refractivity contribution in [2.75, 3.05) is 19.6 Å². The Kier molecular flexibility index (Phi) is 8.65. The highest BCUT2D eigenvalue weighted by Gasteiger charge is 2.34. The number of aromatic amines is 1. The van der Waals surface area contributed by atoms with Crippen LogP contribution >= 0.6 is 0 Å². The third-order valence-electron chi connectivity index (χ3n) is 9.35. The second-order valence-corrected chi connectivity index (χ2v) is 12.2. The largest absolute Gasteiger partial charge is 0.392 e. The van der Waals surface area contributed by atoms with Crippen LogP contribution in [0, 0.1) is 0 Å². The molecule has 0 saturated carbocycles. The Labute approximate surface area is 263 Å². The van der Waals surface area contributed by atoms with Gasteiger partial charge in [-0.3, -0.25) is 4.57 Å². The first-order valence-electron chi connectivity index (χ1n) is 15.9. The summed E-state index contributed by atoms with van der Waals surface area (Å²) in [6, 6.07) is 32.7. The normalized spacial score (nSPS) is 21.3. The molecule has 8 nitrogen and oxygen atoms in total. The number of hydrogen-bond donors (Lipinski definition) is 3. The Hall–Kier alpha value is -4.05. The number of likely N-dealkylation sites (tertiary alicyclic amines) is 1. The predicted molar refractivity (Wildman–Crippen MR) is 175 cm³/mol. The van der Waals surface area contributed by atoms with Crippen molar-refractivity contribution in [2.45, 2.75) is 57.0 Å². The highest BCUT2D eigenvalue weighted by molar-refractivity contribution is 5.75. The number of rotatable bonds is 8. The summed E-state index contributed by atoms with van der Waals surface area (Å²) < 4.78 is 15.2. The van der Waals surface area contributed by atoms with E-state index in [1.54, 1.807) is 0 Å². The number of benzene rings is 4. The summed E-state index contributed by atoms with van der Waals surface area (Å²) in [5.74, 6) is 0. The average Bonchev–Trinajstić information content (AvgIpc) is 3.44. The number of ether oxygens (including phenoxy) is 2. The van der Waals surface area contributed by atoms with Crippen molar-refractivity contribution in [3.63, 3.8) is 0 Å². The van der Waals surface area contributed by atoms with Gasteiger partial charge in [0.1, 0.15) is 0 Å². The van der Waals surface area contributed by atoms with Crippen LogP contribution in [0.5, 0.6) is 0 Å². The van der Waals surface area contributed by atoms with Gasteiger partial charge >= 0.3 is 5.69 Å². The lowest BCUT2D eigenvalue weighted by Gasteiger charge is -2.40. The van der Waals surface area contributed by atoms with E-state index in [2.05, 4.69) is 46.3 Å². The van der Waals surface area contributed by atoms with Crippen LogP contribution < -0.4 is 11.4 Å². The van der Waals surface area contributed by atoms with Gasteiger partial charge in [0.2, 0.25) is 0 Å². The standard InChI is InChI=1S/C37H40N4O4/c38-22-29-5-1-2-6-32(29)26-13-15-28(16-14-26)36-44-31(21-35(45-36)27-11-9-25(24-42)10-12-27)23-40-19-17-30(18-20-40)41-34-8-4-3-7-33(34)39-37(41)43/h1-16,30-31,35-36,42H,17-24,38H2,(H,39,43)/t31-,35+,36+/m1/s1. The van der Waals surface area contributed by atoms with E-state index in [4.69, 9.17) is 15.2 Å². The topological polar surface area (TPSA) is 106 Å². The highest BCUT2D eigenvalue weighted by atomic mass is 16.7. The molecule has 4 aromatic carbocycles. The number of hydrogen-bond acceptors (Lipinski definition) is 6. The molecule has 8 heteroatoms. The van der Waals surface area contributed by atoms with Gasteiger partial charge in [-0.1, -0.05) is 84.9 Å². The van der Waals surface area contributed by atoms with Gasteiger partial charge in [0.05, 0.1) is 29.8 Å². The summed E-state index contributed by atoms with van der Waals surface area (Å²) in [5, 5.41) is 9.55. The Balaban J connectivity index is 1.08. The molecule has 2 fully saturated rings. The molecule has 3 heterocycles. The summed E-state index contributed by atoms with van der Waals surface area (Å²) in [6.07, 6.45) is 1.88. The van der Waals surface area contributed by atoms with Crippen LogP contribution in [-0.2, 0) is 22.6 Å². The van der Waals surface area contributed by atoms with Crippen molar-refractivity contribution in [1.82, 2.24) is 14.5 Å². The van der Waals surface area contributed by atoms with Gasteiger partial charge in [-0.2, -0.15) is 0 Å². The van der Waals surface area contributed by atoms with Crippen molar-refractivity contribution < 1.29 is 14.6 Å². The minimum absolute atomic E-state index is 0.0143. The second kappa shape index (κ2) is 13.1. The zero-order valence-corrected chi connectivity index (χ0v) is 25.3. The fraction of sp³-hybridized carbons (Fsp3) is 0.324. The quantitative estimate of drug-likeness (QED) is 0.206. The number of nitrogens with zero attached hydrogens (tertiary/aromatic N) is 2. The maximum atomic E-state index is 12.8. The molecule has 3 atom stereocenters. The van der Waals surface area contributed by atoms with Gasteiger partial charge in [-0.15, -0.1) is 0 Å². The number of aromatic nitrogens is 2. The van der Waals surface area contributed by atoms with Gasteiger partial charge < -0.3 is 30.2 Å². The first kappa shape index (κ1) is 29.6.